The molecule has 0 aromatic heterocycles. The largest absolute Gasteiger partial charge is 0.394 e. The van der Waals surface area contributed by atoms with E-state index in [2.05, 4.69) is 13.8 Å². The van der Waals surface area contributed by atoms with Crippen molar-refractivity contribution in [3.63, 3.8) is 0 Å². The average molecular weight is 657 g/mol. The Kier molecular flexibility index (Phi) is 32.6. The molecule has 0 fully saturated rings. The Labute approximate surface area is 285 Å². The van der Waals surface area contributed by atoms with Gasteiger partial charge in [0, 0.05) is 6.42 Å². The van der Waals surface area contributed by atoms with Gasteiger partial charge in [-0.3, -0.25) is 4.79 Å². The number of ketones is 1. The van der Waals surface area contributed by atoms with E-state index in [-0.39, 0.29) is 12.8 Å². The fraction of sp³-hybridized carbons (Fsp3) is 0.975. The predicted molar refractivity (Wildman–Crippen MR) is 194 cm³/mol. The van der Waals surface area contributed by atoms with Crippen LogP contribution in [0.1, 0.15) is 219 Å². The minimum Gasteiger partial charge on any atom is -0.394 e. The molecule has 5 N–H and O–H groups in total. The number of hydrogen-bond donors (Lipinski definition) is 5. The Morgan fingerprint density at radius 2 is 0.761 bits per heavy atom. The van der Waals surface area contributed by atoms with Crippen molar-refractivity contribution in [2.45, 2.75) is 243 Å². The van der Waals surface area contributed by atoms with Gasteiger partial charge in [-0.25, -0.2) is 0 Å². The van der Waals surface area contributed by atoms with Crippen LogP contribution in [-0.4, -0.2) is 61.8 Å². The highest BCUT2D eigenvalue weighted by atomic mass is 16.4. The van der Waals surface area contributed by atoms with Gasteiger partial charge in [-0.05, 0) is 12.8 Å². The van der Waals surface area contributed by atoms with E-state index in [1.165, 1.54) is 141 Å². The molecule has 0 rings (SSSR count). The summed E-state index contributed by atoms with van der Waals surface area (Å²) in [6.07, 6.45) is 31.5. The number of aliphatic hydroxyl groups is 5. The molecule has 0 unspecified atom stereocenters. The molecular formula is C40H80O6. The van der Waals surface area contributed by atoms with Gasteiger partial charge in [-0.2, -0.15) is 0 Å². The van der Waals surface area contributed by atoms with Crippen molar-refractivity contribution in [3.05, 3.63) is 0 Å². The maximum Gasteiger partial charge on any atom is 0.167 e. The van der Waals surface area contributed by atoms with E-state index in [0.717, 1.165) is 38.5 Å². The number of aliphatic hydroxyl groups excluding tert-OH is 4. The first-order valence-corrected chi connectivity index (χ1v) is 20.3. The Morgan fingerprint density at radius 1 is 0.478 bits per heavy atom. The first-order chi connectivity index (χ1) is 22.3. The van der Waals surface area contributed by atoms with Gasteiger partial charge in [0.25, 0.3) is 0 Å². The number of carbonyl (C=O) groups is 1. The summed E-state index contributed by atoms with van der Waals surface area (Å²) in [6, 6.07) is 0. The summed E-state index contributed by atoms with van der Waals surface area (Å²) in [6.45, 7) is 3.76. The molecule has 0 aliphatic rings. The molecule has 0 saturated carbocycles. The van der Waals surface area contributed by atoms with Crippen molar-refractivity contribution in [2.75, 3.05) is 6.61 Å². The molecule has 0 saturated heterocycles. The molecular weight excluding hydrogens is 576 g/mol. The summed E-state index contributed by atoms with van der Waals surface area (Å²) in [4.78, 5) is 13.2. The maximum atomic E-state index is 13.2. The number of carbonyl (C=O) groups excluding carboxylic acids is 1. The summed E-state index contributed by atoms with van der Waals surface area (Å²) >= 11 is 0. The third-order valence-corrected chi connectivity index (χ3v) is 10.0. The van der Waals surface area contributed by atoms with Gasteiger partial charge in [-0.15, -0.1) is 0 Å². The number of Topliss-reactive ketones (excluding diaryl/α,β-unsaturated/α-hetero) is 1. The van der Waals surface area contributed by atoms with Crippen LogP contribution in [0, 0.1) is 0 Å². The highest BCUT2D eigenvalue weighted by Gasteiger charge is 2.46. The molecule has 0 radical (unpaired) electrons. The van der Waals surface area contributed by atoms with E-state index >= 15 is 0 Å². The zero-order valence-electron chi connectivity index (χ0n) is 30.7. The minimum atomic E-state index is -2.11. The molecule has 6 nitrogen and oxygen atoms in total. The second-order valence-electron chi connectivity index (χ2n) is 14.4. The van der Waals surface area contributed by atoms with Crippen LogP contribution in [0.3, 0.4) is 0 Å². The van der Waals surface area contributed by atoms with Crippen molar-refractivity contribution in [2.24, 2.45) is 0 Å². The summed E-state index contributed by atoms with van der Waals surface area (Å²) in [7, 11) is 0. The summed E-state index contributed by atoms with van der Waals surface area (Å²) in [5.41, 5.74) is -2.11. The van der Waals surface area contributed by atoms with Crippen LogP contribution >= 0.6 is 0 Å². The van der Waals surface area contributed by atoms with Crippen LogP contribution in [0.15, 0.2) is 0 Å². The molecule has 0 spiro atoms. The van der Waals surface area contributed by atoms with Crippen molar-refractivity contribution >= 4 is 5.78 Å². The third-order valence-electron chi connectivity index (χ3n) is 10.0. The molecule has 0 bridgehead atoms. The van der Waals surface area contributed by atoms with E-state index in [4.69, 9.17) is 0 Å². The van der Waals surface area contributed by atoms with Crippen LogP contribution in [0.4, 0.5) is 0 Å². The minimum absolute atomic E-state index is 0.0547. The van der Waals surface area contributed by atoms with E-state index in [9.17, 15) is 30.3 Å². The number of rotatable bonds is 37. The van der Waals surface area contributed by atoms with Crippen molar-refractivity contribution in [1.82, 2.24) is 0 Å². The molecule has 0 amide bonds. The van der Waals surface area contributed by atoms with Gasteiger partial charge in [0.1, 0.15) is 18.3 Å². The quantitative estimate of drug-likeness (QED) is 0.0425. The number of unbranched alkanes of at least 4 members (excludes halogenated alkanes) is 28. The smallest absolute Gasteiger partial charge is 0.167 e. The lowest BCUT2D eigenvalue weighted by atomic mass is 9.80. The molecule has 46 heavy (non-hydrogen) atoms. The molecule has 4 atom stereocenters. The van der Waals surface area contributed by atoms with Crippen LogP contribution in [0.2, 0.25) is 0 Å². The van der Waals surface area contributed by atoms with Gasteiger partial charge in [0.05, 0.1) is 6.61 Å². The van der Waals surface area contributed by atoms with Crippen LogP contribution in [0.25, 0.3) is 0 Å². The monoisotopic (exact) mass is 657 g/mol. The Balaban J connectivity index is 4.19. The standard InChI is InChI=1S/C40H80O6/c1-3-5-7-9-11-13-15-17-19-20-21-23-25-27-29-31-33-37(43)40(46,39(45)38(44)36(42)35-41)34-32-30-28-26-24-22-18-16-14-12-10-8-6-4-2/h36,38-39,41-42,44-46H,3-35H2,1-2H3/t36-,38-,39+,40+/m1/s1. The summed E-state index contributed by atoms with van der Waals surface area (Å²) in [5, 5.41) is 51.5. The Morgan fingerprint density at radius 3 is 1.07 bits per heavy atom. The first kappa shape index (κ1) is 45.5. The van der Waals surface area contributed by atoms with E-state index in [0.29, 0.717) is 12.8 Å². The van der Waals surface area contributed by atoms with E-state index < -0.39 is 36.3 Å². The van der Waals surface area contributed by atoms with E-state index in [1.54, 1.807) is 0 Å². The topological polar surface area (TPSA) is 118 Å². The van der Waals surface area contributed by atoms with Gasteiger partial charge < -0.3 is 25.5 Å². The summed E-state index contributed by atoms with van der Waals surface area (Å²) in [5.74, 6) is -0.468. The fourth-order valence-electron chi connectivity index (χ4n) is 6.69. The highest BCUT2D eigenvalue weighted by molar-refractivity contribution is 5.87. The fourth-order valence-corrected chi connectivity index (χ4v) is 6.69. The van der Waals surface area contributed by atoms with Gasteiger partial charge in [-0.1, -0.05) is 200 Å². The molecule has 0 aliphatic heterocycles. The molecule has 0 aliphatic carbocycles. The first-order valence-electron chi connectivity index (χ1n) is 20.3. The van der Waals surface area contributed by atoms with Gasteiger partial charge >= 0.3 is 0 Å². The zero-order valence-corrected chi connectivity index (χ0v) is 30.7. The van der Waals surface area contributed by atoms with Crippen molar-refractivity contribution < 1.29 is 30.3 Å². The predicted octanol–water partition coefficient (Wildman–Crippen LogP) is 9.88. The Hall–Kier alpha value is -0.530. The normalized spacial score (nSPS) is 15.1. The van der Waals surface area contributed by atoms with Crippen molar-refractivity contribution in [3.8, 4) is 0 Å². The second-order valence-corrected chi connectivity index (χ2v) is 14.4. The summed E-state index contributed by atoms with van der Waals surface area (Å²) < 4.78 is 0. The molecule has 0 heterocycles. The SMILES string of the molecule is CCCCCCCCCCCCCCCCCCC(=O)[C@@](O)(CCCCCCCCCCCCCCCC)[C@@H](O)[C@H](O)[C@H](O)CO. The third kappa shape index (κ3) is 24.6. The lowest BCUT2D eigenvalue weighted by molar-refractivity contribution is -0.176. The Bertz CT molecular complexity index is 643. The second kappa shape index (κ2) is 33.0. The van der Waals surface area contributed by atoms with Gasteiger partial charge in [0.2, 0.25) is 0 Å². The van der Waals surface area contributed by atoms with Crippen LogP contribution in [-0.2, 0) is 4.79 Å². The maximum absolute atomic E-state index is 13.2. The van der Waals surface area contributed by atoms with Crippen molar-refractivity contribution in [1.29, 1.82) is 0 Å². The number of hydrogen-bond acceptors (Lipinski definition) is 6. The molecule has 0 aromatic carbocycles. The lowest BCUT2D eigenvalue weighted by Gasteiger charge is -2.35. The lowest BCUT2D eigenvalue weighted by Crippen LogP contribution is -2.58. The van der Waals surface area contributed by atoms with Crippen LogP contribution < -0.4 is 0 Å². The van der Waals surface area contributed by atoms with Gasteiger partial charge in [0.15, 0.2) is 11.4 Å². The molecule has 0 aromatic rings. The average Bonchev–Trinajstić information content (AvgIpc) is 3.06. The van der Waals surface area contributed by atoms with Crippen LogP contribution in [0.5, 0.6) is 0 Å². The molecule has 276 valence electrons. The van der Waals surface area contributed by atoms with E-state index in [1.807, 2.05) is 0 Å². The highest BCUT2D eigenvalue weighted by Crippen LogP contribution is 2.27. The molecule has 6 heteroatoms. The zero-order chi connectivity index (χ0) is 34.1.